The molecule has 3 nitrogen and oxygen atoms in total. The van der Waals surface area contributed by atoms with Crippen molar-refractivity contribution in [3.05, 3.63) is 66.0 Å². The standard InChI is InChI=1S/C15H16N2O/c1-12(14-9-5-6-10-16-14)17-15(18)11-13-7-3-2-4-8-13/h2-10,12H,11H2,1H3,(H,17,18). The van der Waals surface area contributed by atoms with Crippen LogP contribution in [0.1, 0.15) is 24.2 Å². The van der Waals surface area contributed by atoms with Crippen molar-refractivity contribution in [1.29, 1.82) is 0 Å². The van der Waals surface area contributed by atoms with Crippen molar-refractivity contribution in [3.63, 3.8) is 0 Å². The largest absolute Gasteiger partial charge is 0.348 e. The molecular formula is C15H16N2O. The summed E-state index contributed by atoms with van der Waals surface area (Å²) in [7, 11) is 0. The lowest BCUT2D eigenvalue weighted by Crippen LogP contribution is -2.28. The third-order valence-corrected chi connectivity index (χ3v) is 2.72. The number of amides is 1. The van der Waals surface area contributed by atoms with Gasteiger partial charge in [0.15, 0.2) is 0 Å². The minimum absolute atomic E-state index is 0.0133. The predicted octanol–water partition coefficient (Wildman–Crippen LogP) is 2.50. The number of hydrogen-bond donors (Lipinski definition) is 1. The third kappa shape index (κ3) is 3.42. The molecular weight excluding hydrogens is 224 g/mol. The highest BCUT2D eigenvalue weighted by Crippen LogP contribution is 2.08. The third-order valence-electron chi connectivity index (χ3n) is 2.72. The Balaban J connectivity index is 1.92. The van der Waals surface area contributed by atoms with E-state index in [1.165, 1.54) is 0 Å². The minimum atomic E-state index is -0.0672. The minimum Gasteiger partial charge on any atom is -0.348 e. The van der Waals surface area contributed by atoms with E-state index < -0.39 is 0 Å². The summed E-state index contributed by atoms with van der Waals surface area (Å²) >= 11 is 0. The normalized spacial score (nSPS) is 11.8. The van der Waals surface area contributed by atoms with Crippen LogP contribution in [0.5, 0.6) is 0 Å². The van der Waals surface area contributed by atoms with Crippen molar-refractivity contribution in [2.45, 2.75) is 19.4 Å². The van der Waals surface area contributed by atoms with E-state index in [1.807, 2.05) is 55.5 Å². The summed E-state index contributed by atoms with van der Waals surface area (Å²) in [5.74, 6) is 0.0133. The van der Waals surface area contributed by atoms with Crippen LogP contribution in [0, 0.1) is 0 Å². The van der Waals surface area contributed by atoms with Crippen molar-refractivity contribution in [2.24, 2.45) is 0 Å². The maximum absolute atomic E-state index is 11.9. The lowest BCUT2D eigenvalue weighted by Gasteiger charge is -2.13. The van der Waals surface area contributed by atoms with E-state index in [-0.39, 0.29) is 11.9 Å². The lowest BCUT2D eigenvalue weighted by atomic mass is 10.1. The molecule has 0 aliphatic heterocycles. The fraction of sp³-hybridized carbons (Fsp3) is 0.200. The fourth-order valence-corrected chi connectivity index (χ4v) is 1.78. The summed E-state index contributed by atoms with van der Waals surface area (Å²) in [5.41, 5.74) is 1.89. The summed E-state index contributed by atoms with van der Waals surface area (Å²) in [6, 6.07) is 15.3. The highest BCUT2D eigenvalue weighted by Gasteiger charge is 2.10. The van der Waals surface area contributed by atoms with Gasteiger partial charge in [0.25, 0.3) is 0 Å². The van der Waals surface area contributed by atoms with E-state index in [2.05, 4.69) is 10.3 Å². The van der Waals surface area contributed by atoms with Gasteiger partial charge in [0.05, 0.1) is 18.2 Å². The van der Waals surface area contributed by atoms with Gasteiger partial charge in [-0.2, -0.15) is 0 Å². The Morgan fingerprint density at radius 1 is 1.17 bits per heavy atom. The number of rotatable bonds is 4. The molecule has 0 fully saturated rings. The van der Waals surface area contributed by atoms with Crippen LogP contribution in [0.4, 0.5) is 0 Å². The van der Waals surface area contributed by atoms with Crippen molar-refractivity contribution in [1.82, 2.24) is 10.3 Å². The van der Waals surface area contributed by atoms with Crippen molar-refractivity contribution in [2.75, 3.05) is 0 Å². The maximum atomic E-state index is 11.9. The second kappa shape index (κ2) is 5.96. The van der Waals surface area contributed by atoms with Gasteiger partial charge in [-0.05, 0) is 24.6 Å². The Morgan fingerprint density at radius 3 is 2.56 bits per heavy atom. The van der Waals surface area contributed by atoms with E-state index in [4.69, 9.17) is 0 Å². The molecule has 1 unspecified atom stereocenters. The van der Waals surface area contributed by atoms with E-state index in [0.29, 0.717) is 6.42 Å². The Hall–Kier alpha value is -2.16. The van der Waals surface area contributed by atoms with Gasteiger partial charge in [0.1, 0.15) is 0 Å². The molecule has 1 atom stereocenters. The summed E-state index contributed by atoms with van der Waals surface area (Å²) < 4.78 is 0. The van der Waals surface area contributed by atoms with Crippen molar-refractivity contribution < 1.29 is 4.79 Å². The molecule has 18 heavy (non-hydrogen) atoms. The monoisotopic (exact) mass is 240 g/mol. The van der Waals surface area contributed by atoms with E-state index >= 15 is 0 Å². The molecule has 0 saturated heterocycles. The number of aromatic nitrogens is 1. The first-order valence-corrected chi connectivity index (χ1v) is 6.00. The molecule has 2 rings (SSSR count). The van der Waals surface area contributed by atoms with Gasteiger partial charge in [0.2, 0.25) is 5.91 Å². The maximum Gasteiger partial charge on any atom is 0.224 e. The summed E-state index contributed by atoms with van der Waals surface area (Å²) in [6.07, 6.45) is 2.13. The SMILES string of the molecule is CC(NC(=O)Cc1ccccc1)c1ccccn1. The predicted molar refractivity (Wildman–Crippen MR) is 70.9 cm³/mol. The van der Waals surface area contributed by atoms with Crippen LogP contribution in [0.25, 0.3) is 0 Å². The van der Waals surface area contributed by atoms with Crippen molar-refractivity contribution in [3.8, 4) is 0 Å². The van der Waals surface area contributed by atoms with Crippen LogP contribution in [-0.4, -0.2) is 10.9 Å². The second-order valence-electron chi connectivity index (χ2n) is 4.21. The number of nitrogens with zero attached hydrogens (tertiary/aromatic N) is 1. The average molecular weight is 240 g/mol. The molecule has 1 N–H and O–H groups in total. The van der Waals surface area contributed by atoms with E-state index in [9.17, 15) is 4.79 Å². The second-order valence-corrected chi connectivity index (χ2v) is 4.21. The van der Waals surface area contributed by atoms with Crippen LogP contribution in [0.15, 0.2) is 54.7 Å². The molecule has 92 valence electrons. The zero-order valence-corrected chi connectivity index (χ0v) is 10.3. The van der Waals surface area contributed by atoms with Gasteiger partial charge in [0, 0.05) is 6.20 Å². The zero-order chi connectivity index (χ0) is 12.8. The molecule has 1 amide bonds. The highest BCUT2D eigenvalue weighted by atomic mass is 16.1. The summed E-state index contributed by atoms with van der Waals surface area (Å²) in [6.45, 7) is 1.94. The molecule has 0 aliphatic rings. The first kappa shape index (κ1) is 12.3. The first-order valence-electron chi connectivity index (χ1n) is 6.00. The van der Waals surface area contributed by atoms with Crippen LogP contribution >= 0.6 is 0 Å². The van der Waals surface area contributed by atoms with Crippen LogP contribution in [0.2, 0.25) is 0 Å². The van der Waals surface area contributed by atoms with Crippen LogP contribution in [-0.2, 0) is 11.2 Å². The molecule has 3 heteroatoms. The molecule has 0 saturated carbocycles. The zero-order valence-electron chi connectivity index (χ0n) is 10.3. The van der Waals surface area contributed by atoms with Gasteiger partial charge < -0.3 is 5.32 Å². The van der Waals surface area contributed by atoms with Crippen molar-refractivity contribution >= 4 is 5.91 Å². The van der Waals surface area contributed by atoms with Gasteiger partial charge >= 0.3 is 0 Å². The molecule has 2 aromatic rings. The molecule has 0 aliphatic carbocycles. The van der Waals surface area contributed by atoms with E-state index in [0.717, 1.165) is 11.3 Å². The Kier molecular flexibility index (Phi) is 4.07. The average Bonchev–Trinajstić information content (AvgIpc) is 2.40. The number of benzene rings is 1. The molecule has 1 aromatic carbocycles. The number of pyridine rings is 1. The van der Waals surface area contributed by atoms with Crippen LogP contribution in [0.3, 0.4) is 0 Å². The smallest absolute Gasteiger partial charge is 0.224 e. The number of carbonyl (C=O) groups is 1. The fourth-order valence-electron chi connectivity index (χ4n) is 1.78. The topological polar surface area (TPSA) is 42.0 Å². The quantitative estimate of drug-likeness (QED) is 0.892. The molecule has 1 aromatic heterocycles. The van der Waals surface area contributed by atoms with Gasteiger partial charge in [-0.25, -0.2) is 0 Å². The van der Waals surface area contributed by atoms with Crippen LogP contribution < -0.4 is 5.32 Å². The Morgan fingerprint density at radius 2 is 1.89 bits per heavy atom. The van der Waals surface area contributed by atoms with Gasteiger partial charge in [-0.15, -0.1) is 0 Å². The molecule has 0 spiro atoms. The van der Waals surface area contributed by atoms with Gasteiger partial charge in [-0.1, -0.05) is 36.4 Å². The van der Waals surface area contributed by atoms with E-state index in [1.54, 1.807) is 6.20 Å². The molecule has 1 heterocycles. The molecule has 0 bridgehead atoms. The summed E-state index contributed by atoms with van der Waals surface area (Å²) in [5, 5.41) is 2.94. The first-order chi connectivity index (χ1) is 8.75. The summed E-state index contributed by atoms with van der Waals surface area (Å²) in [4.78, 5) is 16.1. The Bertz CT molecular complexity index is 496. The number of hydrogen-bond acceptors (Lipinski definition) is 2. The van der Waals surface area contributed by atoms with Gasteiger partial charge in [-0.3, -0.25) is 9.78 Å². The Labute approximate surface area is 107 Å². The number of carbonyl (C=O) groups excluding carboxylic acids is 1. The number of nitrogens with one attached hydrogen (secondary N) is 1. The highest BCUT2D eigenvalue weighted by molar-refractivity contribution is 5.78. The molecule has 0 radical (unpaired) electrons. The lowest BCUT2D eigenvalue weighted by molar-refractivity contribution is -0.121.